The number of hydrogen-bond donors (Lipinski definition) is 1. The molecule has 3 aromatic carbocycles. The van der Waals surface area contributed by atoms with Crippen LogP contribution in [0, 0.1) is 0 Å². The van der Waals surface area contributed by atoms with Crippen LogP contribution in [-0.2, 0) is 0 Å². The lowest BCUT2D eigenvalue weighted by Gasteiger charge is -2.16. The molecule has 3 rings (SSSR count). The molecule has 0 aliphatic carbocycles. The Morgan fingerprint density at radius 1 is 0.682 bits per heavy atom. The number of aliphatic hydroxyl groups excluding tert-OH is 1. The van der Waals surface area contributed by atoms with Crippen LogP contribution in [0.4, 0.5) is 0 Å². The third-order valence-corrected chi connectivity index (χ3v) is 3.64. The van der Waals surface area contributed by atoms with E-state index < -0.39 is 6.10 Å². The van der Waals surface area contributed by atoms with Crippen molar-refractivity contribution in [2.45, 2.75) is 6.10 Å². The maximum atomic E-state index is 10.8. The molecule has 0 fully saturated rings. The van der Waals surface area contributed by atoms with Gasteiger partial charge in [0.1, 0.15) is 6.10 Å². The number of benzene rings is 3. The van der Waals surface area contributed by atoms with Crippen molar-refractivity contribution in [3.63, 3.8) is 0 Å². The Morgan fingerprint density at radius 3 is 1.77 bits per heavy atom. The van der Waals surface area contributed by atoms with Crippen LogP contribution in [0.15, 0.2) is 91.0 Å². The van der Waals surface area contributed by atoms with Gasteiger partial charge < -0.3 is 5.11 Å². The summed E-state index contributed by atoms with van der Waals surface area (Å²) in [5.74, 6) is 0. The van der Waals surface area contributed by atoms with Crippen LogP contribution < -0.4 is 0 Å². The molecule has 3 aromatic rings. The third kappa shape index (κ3) is 3.33. The fourth-order valence-corrected chi connectivity index (χ4v) is 2.49. The topological polar surface area (TPSA) is 20.2 Å². The van der Waals surface area contributed by atoms with E-state index in [-0.39, 0.29) is 0 Å². The first-order valence-corrected chi connectivity index (χ1v) is 7.39. The first-order valence-electron chi connectivity index (χ1n) is 7.39. The molecule has 1 atom stereocenters. The molecule has 0 amide bonds. The van der Waals surface area contributed by atoms with E-state index in [1.54, 1.807) is 0 Å². The van der Waals surface area contributed by atoms with Gasteiger partial charge in [0.2, 0.25) is 0 Å². The van der Waals surface area contributed by atoms with Crippen molar-refractivity contribution in [3.05, 3.63) is 108 Å². The molecule has 0 radical (unpaired) electrons. The van der Waals surface area contributed by atoms with Crippen LogP contribution in [-0.4, -0.2) is 5.11 Å². The van der Waals surface area contributed by atoms with Crippen molar-refractivity contribution in [2.75, 3.05) is 0 Å². The van der Waals surface area contributed by atoms with Gasteiger partial charge in [-0.2, -0.15) is 0 Å². The minimum Gasteiger partial charge on any atom is -0.384 e. The standard InChI is InChI=1S/C21H18O/c22-21(19-14-8-3-9-15-19)20(18-12-6-2-7-13-18)16-17-10-4-1-5-11-17/h1-16,21-22H/b20-16+. The molecule has 0 spiro atoms. The normalized spacial score (nSPS) is 12.9. The largest absolute Gasteiger partial charge is 0.384 e. The second kappa shape index (κ2) is 6.88. The summed E-state index contributed by atoms with van der Waals surface area (Å²) in [4.78, 5) is 0. The first-order chi connectivity index (χ1) is 10.8. The molecule has 1 heteroatoms. The summed E-state index contributed by atoms with van der Waals surface area (Å²) in [6, 6.07) is 29.9. The SMILES string of the molecule is OC(/C(=C/c1ccccc1)c1ccccc1)c1ccccc1. The average molecular weight is 286 g/mol. The van der Waals surface area contributed by atoms with Gasteiger partial charge in [-0.05, 0) is 28.3 Å². The van der Waals surface area contributed by atoms with Gasteiger partial charge in [-0.3, -0.25) is 0 Å². The van der Waals surface area contributed by atoms with Crippen LogP contribution in [0.5, 0.6) is 0 Å². The number of aliphatic hydroxyl groups is 1. The molecule has 0 heterocycles. The molecule has 0 saturated carbocycles. The average Bonchev–Trinajstić information content (AvgIpc) is 2.61. The van der Waals surface area contributed by atoms with Crippen molar-refractivity contribution in [1.29, 1.82) is 0 Å². The summed E-state index contributed by atoms with van der Waals surface area (Å²) in [7, 11) is 0. The Balaban J connectivity index is 2.06. The molecular weight excluding hydrogens is 268 g/mol. The van der Waals surface area contributed by atoms with Crippen LogP contribution >= 0.6 is 0 Å². The highest BCUT2D eigenvalue weighted by atomic mass is 16.3. The lowest BCUT2D eigenvalue weighted by molar-refractivity contribution is 0.239. The Hall–Kier alpha value is -2.64. The Bertz CT molecular complexity index is 731. The highest BCUT2D eigenvalue weighted by Gasteiger charge is 2.15. The lowest BCUT2D eigenvalue weighted by Crippen LogP contribution is -2.01. The van der Waals surface area contributed by atoms with Crippen molar-refractivity contribution >= 4 is 11.6 Å². The molecule has 22 heavy (non-hydrogen) atoms. The van der Waals surface area contributed by atoms with Crippen molar-refractivity contribution < 1.29 is 5.11 Å². The maximum absolute atomic E-state index is 10.8. The molecule has 0 bridgehead atoms. The van der Waals surface area contributed by atoms with Crippen molar-refractivity contribution in [2.24, 2.45) is 0 Å². The smallest absolute Gasteiger partial charge is 0.105 e. The summed E-state index contributed by atoms with van der Waals surface area (Å²) in [5, 5.41) is 10.8. The monoisotopic (exact) mass is 286 g/mol. The zero-order valence-electron chi connectivity index (χ0n) is 12.3. The Kier molecular flexibility index (Phi) is 4.47. The number of rotatable bonds is 4. The molecule has 108 valence electrons. The fourth-order valence-electron chi connectivity index (χ4n) is 2.49. The van der Waals surface area contributed by atoms with E-state index in [4.69, 9.17) is 0 Å². The third-order valence-electron chi connectivity index (χ3n) is 3.64. The predicted molar refractivity (Wildman–Crippen MR) is 92.2 cm³/mol. The van der Waals surface area contributed by atoms with Gasteiger partial charge in [-0.25, -0.2) is 0 Å². The highest BCUT2D eigenvalue weighted by molar-refractivity contribution is 5.84. The lowest BCUT2D eigenvalue weighted by atomic mass is 9.93. The molecule has 1 N–H and O–H groups in total. The van der Waals surface area contributed by atoms with Gasteiger partial charge in [0, 0.05) is 0 Å². The van der Waals surface area contributed by atoms with Crippen molar-refractivity contribution in [3.8, 4) is 0 Å². The highest BCUT2D eigenvalue weighted by Crippen LogP contribution is 2.31. The van der Waals surface area contributed by atoms with Crippen LogP contribution in [0.1, 0.15) is 22.8 Å². The molecule has 0 aliphatic heterocycles. The molecule has 0 aliphatic rings. The molecule has 1 nitrogen and oxygen atoms in total. The predicted octanol–water partition coefficient (Wildman–Crippen LogP) is 4.96. The summed E-state index contributed by atoms with van der Waals surface area (Å²) in [6.07, 6.45) is 1.40. The Labute approximate surface area is 131 Å². The molecule has 0 saturated heterocycles. The fraction of sp³-hybridized carbons (Fsp3) is 0.0476. The van der Waals surface area contributed by atoms with Crippen LogP contribution in [0.3, 0.4) is 0 Å². The van der Waals surface area contributed by atoms with Gasteiger partial charge >= 0.3 is 0 Å². The molecule has 0 aromatic heterocycles. The second-order valence-corrected chi connectivity index (χ2v) is 5.19. The van der Waals surface area contributed by atoms with E-state index in [2.05, 4.69) is 0 Å². The minimum atomic E-state index is -0.649. The van der Waals surface area contributed by atoms with E-state index in [0.717, 1.165) is 22.3 Å². The van der Waals surface area contributed by atoms with E-state index in [0.29, 0.717) is 0 Å². The quantitative estimate of drug-likeness (QED) is 0.672. The van der Waals surface area contributed by atoms with Gasteiger partial charge in [0.15, 0.2) is 0 Å². The van der Waals surface area contributed by atoms with Gasteiger partial charge in [-0.1, -0.05) is 91.0 Å². The molecule has 1 unspecified atom stereocenters. The van der Waals surface area contributed by atoms with Crippen molar-refractivity contribution in [1.82, 2.24) is 0 Å². The zero-order valence-corrected chi connectivity index (χ0v) is 12.3. The van der Waals surface area contributed by atoms with E-state index in [1.807, 2.05) is 97.1 Å². The van der Waals surface area contributed by atoms with Crippen LogP contribution in [0.2, 0.25) is 0 Å². The maximum Gasteiger partial charge on any atom is 0.105 e. The van der Waals surface area contributed by atoms with E-state index in [1.165, 1.54) is 0 Å². The second-order valence-electron chi connectivity index (χ2n) is 5.19. The van der Waals surface area contributed by atoms with Gasteiger partial charge in [0.25, 0.3) is 0 Å². The first kappa shape index (κ1) is 14.3. The van der Waals surface area contributed by atoms with E-state index in [9.17, 15) is 5.11 Å². The molecular formula is C21H18O. The summed E-state index contributed by atoms with van der Waals surface area (Å²) < 4.78 is 0. The summed E-state index contributed by atoms with van der Waals surface area (Å²) in [6.45, 7) is 0. The van der Waals surface area contributed by atoms with E-state index >= 15 is 0 Å². The van der Waals surface area contributed by atoms with Gasteiger partial charge in [-0.15, -0.1) is 0 Å². The minimum absolute atomic E-state index is 0.649. The Morgan fingerprint density at radius 2 is 1.18 bits per heavy atom. The zero-order chi connectivity index (χ0) is 15.2. The van der Waals surface area contributed by atoms with Gasteiger partial charge in [0.05, 0.1) is 0 Å². The summed E-state index contributed by atoms with van der Waals surface area (Å²) >= 11 is 0. The number of hydrogen-bond acceptors (Lipinski definition) is 1. The van der Waals surface area contributed by atoms with Crippen LogP contribution in [0.25, 0.3) is 11.6 Å². The summed E-state index contributed by atoms with van der Waals surface area (Å²) in [5.41, 5.74) is 3.91.